The first-order valence-electron chi connectivity index (χ1n) is 8.77. The van der Waals surface area contributed by atoms with Gasteiger partial charge in [0.1, 0.15) is 0 Å². The van der Waals surface area contributed by atoms with E-state index in [1.54, 1.807) is 14.2 Å². The van der Waals surface area contributed by atoms with Gasteiger partial charge in [0.25, 0.3) is 0 Å². The van der Waals surface area contributed by atoms with Crippen LogP contribution in [0, 0.1) is 0 Å². The Morgan fingerprint density at radius 3 is 2.62 bits per heavy atom. The number of ether oxygens (including phenoxy) is 3. The van der Waals surface area contributed by atoms with E-state index < -0.39 is 0 Å². The van der Waals surface area contributed by atoms with Crippen molar-refractivity contribution < 1.29 is 14.2 Å². The summed E-state index contributed by atoms with van der Waals surface area (Å²) in [6.07, 6.45) is 8.12. The Balaban J connectivity index is 1.57. The Kier molecular flexibility index (Phi) is 5.81. The quantitative estimate of drug-likeness (QED) is 0.823. The number of nitrogens with one attached hydrogen (secondary N) is 1. The highest BCUT2D eigenvalue weighted by atomic mass is 16.5. The first-order chi connectivity index (χ1) is 11.8. The van der Waals surface area contributed by atoms with Gasteiger partial charge < -0.3 is 19.2 Å². The second-order valence-electron chi connectivity index (χ2n) is 6.36. The molecule has 0 spiro atoms. The van der Waals surface area contributed by atoms with Gasteiger partial charge >= 0.3 is 0 Å². The van der Waals surface area contributed by atoms with Gasteiger partial charge in [0.2, 0.25) is 0 Å². The highest BCUT2D eigenvalue weighted by molar-refractivity contribution is 5.42. The summed E-state index contributed by atoms with van der Waals surface area (Å²) in [7, 11) is 3.32. The molecule has 1 saturated carbocycles. The topological polar surface area (TPSA) is 43.5 Å². The minimum Gasteiger partial charge on any atom is -0.493 e. The van der Waals surface area contributed by atoms with Crippen LogP contribution in [0.15, 0.2) is 36.5 Å². The van der Waals surface area contributed by atoms with Crippen molar-refractivity contribution in [1.29, 1.82) is 0 Å². The summed E-state index contributed by atoms with van der Waals surface area (Å²) in [5, 5.41) is 0. The van der Waals surface area contributed by atoms with Crippen molar-refractivity contribution in [3.63, 3.8) is 0 Å². The van der Waals surface area contributed by atoms with Gasteiger partial charge in [-0.1, -0.05) is 18.9 Å². The maximum atomic E-state index is 6.26. The van der Waals surface area contributed by atoms with E-state index in [-0.39, 0.29) is 0 Å². The zero-order valence-electron chi connectivity index (χ0n) is 14.6. The van der Waals surface area contributed by atoms with E-state index >= 15 is 0 Å². The zero-order valence-corrected chi connectivity index (χ0v) is 14.6. The second-order valence-corrected chi connectivity index (χ2v) is 6.36. The average Bonchev–Trinajstić information content (AvgIpc) is 3.16. The Morgan fingerprint density at radius 1 is 1.04 bits per heavy atom. The van der Waals surface area contributed by atoms with Crippen LogP contribution in [0.25, 0.3) is 0 Å². The minimum atomic E-state index is 0.317. The molecule has 0 aliphatic heterocycles. The summed E-state index contributed by atoms with van der Waals surface area (Å²) in [6.45, 7) is 0.733. The fourth-order valence-electron chi connectivity index (χ4n) is 3.59. The Morgan fingerprint density at radius 2 is 1.88 bits per heavy atom. The predicted molar refractivity (Wildman–Crippen MR) is 95.0 cm³/mol. The van der Waals surface area contributed by atoms with Crippen molar-refractivity contribution in [2.75, 3.05) is 20.8 Å². The highest BCUT2D eigenvalue weighted by Gasteiger charge is 2.27. The summed E-state index contributed by atoms with van der Waals surface area (Å²) >= 11 is 0. The molecule has 1 aromatic heterocycles. The van der Waals surface area contributed by atoms with Crippen LogP contribution in [0.2, 0.25) is 0 Å². The number of H-pyrrole nitrogens is 1. The fourth-order valence-corrected chi connectivity index (χ4v) is 3.59. The Hall–Kier alpha value is -1.94. The second kappa shape index (κ2) is 8.25. The highest BCUT2D eigenvalue weighted by Crippen LogP contribution is 2.34. The molecule has 0 saturated heterocycles. The monoisotopic (exact) mass is 329 g/mol. The number of aromatic nitrogens is 1. The van der Waals surface area contributed by atoms with Crippen molar-refractivity contribution in [3.8, 4) is 11.5 Å². The van der Waals surface area contributed by atoms with Crippen LogP contribution in [0.5, 0.6) is 11.5 Å². The van der Waals surface area contributed by atoms with Crippen LogP contribution in [0.3, 0.4) is 0 Å². The molecule has 1 aliphatic rings. The molecule has 4 heteroatoms. The van der Waals surface area contributed by atoms with Crippen LogP contribution in [0.1, 0.15) is 42.9 Å². The molecule has 0 bridgehead atoms. The van der Waals surface area contributed by atoms with Crippen LogP contribution < -0.4 is 9.47 Å². The SMILES string of the molecule is COc1ccc(CCO[C@@H]2CCCC[C@@H]2c2ccc[nH]2)cc1OC. The number of aromatic amines is 1. The number of rotatable bonds is 7. The lowest BCUT2D eigenvalue weighted by Gasteiger charge is -2.31. The number of hydrogen-bond donors (Lipinski definition) is 1. The Labute approximate surface area is 144 Å². The molecule has 1 fully saturated rings. The van der Waals surface area contributed by atoms with Crippen molar-refractivity contribution >= 4 is 0 Å². The number of methoxy groups -OCH3 is 2. The predicted octanol–water partition coefficient (Wildman–Crippen LogP) is 4.32. The molecule has 3 rings (SSSR count). The molecule has 24 heavy (non-hydrogen) atoms. The molecule has 130 valence electrons. The van der Waals surface area contributed by atoms with E-state index in [9.17, 15) is 0 Å². The lowest BCUT2D eigenvalue weighted by Crippen LogP contribution is -2.27. The molecule has 4 nitrogen and oxygen atoms in total. The first kappa shape index (κ1) is 16.9. The molecule has 2 atom stereocenters. The van der Waals surface area contributed by atoms with Crippen LogP contribution in [-0.4, -0.2) is 31.9 Å². The minimum absolute atomic E-state index is 0.317. The van der Waals surface area contributed by atoms with Gasteiger partial charge in [-0.2, -0.15) is 0 Å². The standard InChI is InChI=1S/C20H27NO3/c1-22-19-10-9-15(14-20(19)23-2)11-13-24-18-8-4-3-6-16(18)17-7-5-12-21-17/h5,7,9-10,12,14,16,18,21H,3-4,6,8,11,13H2,1-2H3/t16-,18-/m1/s1. The molecule has 0 radical (unpaired) electrons. The van der Waals surface area contributed by atoms with E-state index in [4.69, 9.17) is 14.2 Å². The van der Waals surface area contributed by atoms with E-state index in [2.05, 4.69) is 23.2 Å². The third-order valence-electron chi connectivity index (χ3n) is 4.89. The average molecular weight is 329 g/mol. The normalized spacial score (nSPS) is 20.8. The van der Waals surface area contributed by atoms with Gasteiger partial charge in [-0.05, 0) is 49.1 Å². The zero-order chi connectivity index (χ0) is 16.8. The summed E-state index contributed by atoms with van der Waals surface area (Å²) < 4.78 is 16.9. The molecule has 1 aliphatic carbocycles. The van der Waals surface area contributed by atoms with E-state index in [1.807, 2.05) is 18.3 Å². The Bertz CT molecular complexity index is 624. The molecular formula is C20H27NO3. The van der Waals surface area contributed by atoms with Crippen LogP contribution >= 0.6 is 0 Å². The summed E-state index contributed by atoms with van der Waals surface area (Å²) in [5.41, 5.74) is 2.52. The molecular weight excluding hydrogens is 302 g/mol. The van der Waals surface area contributed by atoms with Gasteiger partial charge in [-0.15, -0.1) is 0 Å². The first-order valence-corrected chi connectivity index (χ1v) is 8.77. The third-order valence-corrected chi connectivity index (χ3v) is 4.89. The van der Waals surface area contributed by atoms with Crippen molar-refractivity contribution in [2.45, 2.75) is 44.1 Å². The molecule has 0 unspecified atom stereocenters. The molecule has 1 N–H and O–H groups in total. The molecule has 0 amide bonds. The molecule has 1 aromatic carbocycles. The maximum absolute atomic E-state index is 6.26. The number of hydrogen-bond acceptors (Lipinski definition) is 3. The summed E-state index contributed by atoms with van der Waals surface area (Å²) in [5.74, 6) is 2.04. The molecule has 2 aromatic rings. The van der Waals surface area contributed by atoms with Crippen molar-refractivity contribution in [2.24, 2.45) is 0 Å². The lowest BCUT2D eigenvalue weighted by molar-refractivity contribution is 0.0139. The fraction of sp³-hybridized carbons (Fsp3) is 0.500. The van der Waals surface area contributed by atoms with Gasteiger partial charge in [-0.3, -0.25) is 0 Å². The van der Waals surface area contributed by atoms with Crippen LogP contribution in [-0.2, 0) is 11.2 Å². The smallest absolute Gasteiger partial charge is 0.160 e. The number of benzene rings is 1. The van der Waals surface area contributed by atoms with Gasteiger partial charge in [0.15, 0.2) is 11.5 Å². The van der Waals surface area contributed by atoms with Crippen LogP contribution in [0.4, 0.5) is 0 Å². The summed E-state index contributed by atoms with van der Waals surface area (Å²) in [6, 6.07) is 10.3. The lowest BCUT2D eigenvalue weighted by atomic mass is 9.84. The van der Waals surface area contributed by atoms with E-state index in [1.165, 1.54) is 30.5 Å². The van der Waals surface area contributed by atoms with Gasteiger partial charge in [0.05, 0.1) is 26.9 Å². The van der Waals surface area contributed by atoms with Gasteiger partial charge in [0, 0.05) is 17.8 Å². The largest absolute Gasteiger partial charge is 0.493 e. The van der Waals surface area contributed by atoms with Gasteiger partial charge in [-0.25, -0.2) is 0 Å². The maximum Gasteiger partial charge on any atom is 0.160 e. The van der Waals surface area contributed by atoms with Crippen molar-refractivity contribution in [3.05, 3.63) is 47.8 Å². The van der Waals surface area contributed by atoms with Crippen molar-refractivity contribution in [1.82, 2.24) is 4.98 Å². The van der Waals surface area contributed by atoms with E-state index in [0.29, 0.717) is 12.0 Å². The molecule has 1 heterocycles. The van der Waals surface area contributed by atoms with E-state index in [0.717, 1.165) is 30.9 Å². The summed E-state index contributed by atoms with van der Waals surface area (Å²) in [4.78, 5) is 3.36. The third kappa shape index (κ3) is 3.93.